The van der Waals surface area contributed by atoms with Gasteiger partial charge in [0.2, 0.25) is 4.93 Å². The highest BCUT2D eigenvalue weighted by molar-refractivity contribution is 8.02. The molecule has 148 valence electrons. The van der Waals surface area contributed by atoms with Gasteiger partial charge in [-0.1, -0.05) is 103 Å². The number of thioether (sulfide) groups is 1. The number of carboxylic acids is 2. The molecule has 1 atom stereocenters. The molecule has 3 aromatic rings. The summed E-state index contributed by atoms with van der Waals surface area (Å²) >= 11 is 0.711. The van der Waals surface area contributed by atoms with Gasteiger partial charge in [-0.05, 0) is 16.7 Å². The molecule has 0 fully saturated rings. The molecule has 0 aliphatic carbocycles. The van der Waals surface area contributed by atoms with Crippen molar-refractivity contribution in [3.05, 3.63) is 108 Å². The summed E-state index contributed by atoms with van der Waals surface area (Å²) in [7, 11) is 0. The molecular formula is C23H20O5S. The van der Waals surface area contributed by atoms with Gasteiger partial charge in [0.05, 0.1) is 11.2 Å². The van der Waals surface area contributed by atoms with Crippen LogP contribution in [0.15, 0.2) is 91.0 Å². The minimum Gasteiger partial charge on any atom is -0.481 e. The first-order valence-corrected chi connectivity index (χ1v) is 9.74. The standard InChI is InChI=1S/C23H20O5S/c24-20(25)16-22(28,21(26)27)29-23(17-10-4-1-5-11-17,18-12-6-2-7-13-18)19-14-8-3-9-15-19/h1-15,28H,16H2,(H,24,25)(H,26,27). The third-order valence-corrected chi connectivity index (χ3v) is 6.26. The summed E-state index contributed by atoms with van der Waals surface area (Å²) in [5.41, 5.74) is 2.19. The van der Waals surface area contributed by atoms with Crippen LogP contribution in [0, 0.1) is 0 Å². The molecule has 0 amide bonds. The third-order valence-electron chi connectivity index (χ3n) is 4.59. The summed E-state index contributed by atoms with van der Waals surface area (Å²) in [5.74, 6) is -3.00. The Bertz CT molecular complexity index is 879. The fraction of sp³-hybridized carbons (Fsp3) is 0.130. The molecule has 0 spiro atoms. The van der Waals surface area contributed by atoms with Crippen molar-refractivity contribution in [3.8, 4) is 0 Å². The van der Waals surface area contributed by atoms with E-state index in [1.807, 2.05) is 91.0 Å². The summed E-state index contributed by atoms with van der Waals surface area (Å²) in [4.78, 5) is 20.8. The van der Waals surface area contributed by atoms with E-state index in [-0.39, 0.29) is 0 Å². The van der Waals surface area contributed by atoms with Crippen LogP contribution in [0.1, 0.15) is 23.1 Å². The lowest BCUT2D eigenvalue weighted by Crippen LogP contribution is -2.43. The number of carbonyl (C=O) groups is 2. The number of hydrogen-bond donors (Lipinski definition) is 3. The molecule has 3 N–H and O–H groups in total. The maximum atomic E-state index is 12.0. The minimum absolute atomic E-state index is 0.711. The number of benzene rings is 3. The van der Waals surface area contributed by atoms with Crippen LogP contribution < -0.4 is 0 Å². The smallest absolute Gasteiger partial charge is 0.347 e. The van der Waals surface area contributed by atoms with E-state index in [4.69, 9.17) is 0 Å². The summed E-state index contributed by atoms with van der Waals surface area (Å²) in [6.07, 6.45) is -0.943. The number of aliphatic hydroxyl groups is 1. The molecule has 0 heterocycles. The minimum atomic E-state index is -2.55. The highest BCUT2D eigenvalue weighted by Crippen LogP contribution is 2.53. The number of aliphatic carboxylic acids is 2. The summed E-state index contributed by atoms with van der Waals surface area (Å²) in [6.45, 7) is 0. The Morgan fingerprint density at radius 3 is 1.31 bits per heavy atom. The molecule has 0 bridgehead atoms. The lowest BCUT2D eigenvalue weighted by molar-refractivity contribution is -0.156. The van der Waals surface area contributed by atoms with Crippen molar-refractivity contribution in [2.24, 2.45) is 0 Å². The maximum absolute atomic E-state index is 12.0. The Morgan fingerprint density at radius 1 is 0.690 bits per heavy atom. The van der Waals surface area contributed by atoms with Crippen molar-refractivity contribution in [1.82, 2.24) is 0 Å². The van der Waals surface area contributed by atoms with Crippen molar-refractivity contribution in [2.45, 2.75) is 16.1 Å². The summed E-state index contributed by atoms with van der Waals surface area (Å²) < 4.78 is -1.15. The van der Waals surface area contributed by atoms with Crippen LogP contribution in [-0.4, -0.2) is 32.2 Å². The quantitative estimate of drug-likeness (QED) is 0.386. The fourth-order valence-corrected chi connectivity index (χ4v) is 4.86. The normalized spacial score (nSPS) is 13.4. The van der Waals surface area contributed by atoms with Gasteiger partial charge >= 0.3 is 11.9 Å². The molecule has 0 aromatic heterocycles. The van der Waals surface area contributed by atoms with Gasteiger partial charge < -0.3 is 15.3 Å². The van der Waals surface area contributed by atoms with Crippen LogP contribution in [0.2, 0.25) is 0 Å². The monoisotopic (exact) mass is 408 g/mol. The van der Waals surface area contributed by atoms with E-state index >= 15 is 0 Å². The Hall–Kier alpha value is -3.09. The van der Waals surface area contributed by atoms with Gasteiger partial charge in [0, 0.05) is 0 Å². The van der Waals surface area contributed by atoms with E-state index in [9.17, 15) is 24.9 Å². The second kappa shape index (κ2) is 8.51. The predicted octanol–water partition coefficient (Wildman–Crippen LogP) is 3.96. The van der Waals surface area contributed by atoms with E-state index in [0.717, 1.165) is 16.7 Å². The van der Waals surface area contributed by atoms with E-state index in [1.54, 1.807) is 0 Å². The average Bonchev–Trinajstić information content (AvgIpc) is 2.73. The van der Waals surface area contributed by atoms with Crippen molar-refractivity contribution >= 4 is 23.7 Å². The van der Waals surface area contributed by atoms with Crippen molar-refractivity contribution < 1.29 is 24.9 Å². The van der Waals surface area contributed by atoms with Crippen LogP contribution in [0.4, 0.5) is 0 Å². The Morgan fingerprint density at radius 2 is 1.03 bits per heavy atom. The molecule has 0 saturated heterocycles. The van der Waals surface area contributed by atoms with Gasteiger partial charge in [-0.25, -0.2) is 4.79 Å². The Kier molecular flexibility index (Phi) is 6.06. The van der Waals surface area contributed by atoms with Gasteiger partial charge in [0.25, 0.3) is 0 Å². The second-order valence-corrected chi connectivity index (χ2v) is 8.03. The van der Waals surface area contributed by atoms with Crippen LogP contribution in [0.5, 0.6) is 0 Å². The largest absolute Gasteiger partial charge is 0.481 e. The molecule has 1 unspecified atom stereocenters. The first-order valence-electron chi connectivity index (χ1n) is 8.93. The van der Waals surface area contributed by atoms with Crippen LogP contribution in [-0.2, 0) is 14.3 Å². The topological polar surface area (TPSA) is 94.8 Å². The number of carboxylic acid groups (broad SMARTS) is 2. The SMILES string of the molecule is O=C(O)CC(O)(SC(c1ccccc1)(c1ccccc1)c1ccccc1)C(=O)O. The highest BCUT2D eigenvalue weighted by Gasteiger charge is 2.50. The fourth-order valence-electron chi connectivity index (χ4n) is 3.31. The van der Waals surface area contributed by atoms with Gasteiger partial charge in [0.15, 0.2) is 0 Å². The summed E-state index contributed by atoms with van der Waals surface area (Å²) in [5, 5.41) is 30.0. The van der Waals surface area contributed by atoms with Crippen LogP contribution in [0.25, 0.3) is 0 Å². The van der Waals surface area contributed by atoms with E-state index in [0.29, 0.717) is 11.8 Å². The molecule has 3 rings (SSSR count). The van der Waals surface area contributed by atoms with Crippen LogP contribution in [0.3, 0.4) is 0 Å². The van der Waals surface area contributed by atoms with E-state index < -0.39 is 28.0 Å². The molecule has 0 saturated carbocycles. The zero-order valence-electron chi connectivity index (χ0n) is 15.4. The third kappa shape index (κ3) is 4.18. The molecule has 29 heavy (non-hydrogen) atoms. The van der Waals surface area contributed by atoms with E-state index in [2.05, 4.69) is 0 Å². The zero-order chi connectivity index (χ0) is 20.9. The first-order chi connectivity index (χ1) is 13.9. The van der Waals surface area contributed by atoms with Gasteiger partial charge in [0.1, 0.15) is 0 Å². The number of hydrogen-bond acceptors (Lipinski definition) is 4. The van der Waals surface area contributed by atoms with Gasteiger partial charge in [-0.3, -0.25) is 4.79 Å². The lowest BCUT2D eigenvalue weighted by Gasteiger charge is -2.39. The Labute approximate surface area is 172 Å². The van der Waals surface area contributed by atoms with Gasteiger partial charge in [-0.2, -0.15) is 0 Å². The first kappa shape index (κ1) is 20.6. The summed E-state index contributed by atoms with van der Waals surface area (Å²) in [6, 6.07) is 27.5. The predicted molar refractivity (Wildman–Crippen MR) is 112 cm³/mol. The molecule has 6 heteroatoms. The van der Waals surface area contributed by atoms with Crippen molar-refractivity contribution in [3.63, 3.8) is 0 Å². The maximum Gasteiger partial charge on any atom is 0.347 e. The average molecular weight is 408 g/mol. The van der Waals surface area contributed by atoms with E-state index in [1.165, 1.54) is 0 Å². The molecule has 0 radical (unpaired) electrons. The van der Waals surface area contributed by atoms with Crippen LogP contribution >= 0.6 is 11.8 Å². The lowest BCUT2D eigenvalue weighted by atomic mass is 9.84. The number of rotatable bonds is 8. The Balaban J connectivity index is 2.33. The molecular weight excluding hydrogens is 388 g/mol. The highest BCUT2D eigenvalue weighted by atomic mass is 32.2. The molecule has 3 aromatic carbocycles. The zero-order valence-corrected chi connectivity index (χ0v) is 16.3. The molecule has 5 nitrogen and oxygen atoms in total. The van der Waals surface area contributed by atoms with Crippen molar-refractivity contribution in [1.29, 1.82) is 0 Å². The van der Waals surface area contributed by atoms with Crippen molar-refractivity contribution in [2.75, 3.05) is 0 Å². The molecule has 0 aliphatic heterocycles. The second-order valence-electron chi connectivity index (χ2n) is 6.54. The van der Waals surface area contributed by atoms with Gasteiger partial charge in [-0.15, -0.1) is 0 Å². The molecule has 0 aliphatic rings.